The van der Waals surface area contributed by atoms with Gasteiger partial charge in [0.15, 0.2) is 5.78 Å². The van der Waals surface area contributed by atoms with E-state index < -0.39 is 6.04 Å². The molecule has 1 aliphatic heterocycles. The number of morpholine rings is 1. The van der Waals surface area contributed by atoms with Crippen LogP contribution in [0.15, 0.2) is 30.3 Å². The Kier molecular flexibility index (Phi) is 4.25. The zero-order valence-electron chi connectivity index (χ0n) is 9.84. The maximum atomic E-state index is 12.0. The zero-order chi connectivity index (χ0) is 12.1. The molecule has 2 rings (SSSR count). The smallest absolute Gasteiger partial charge is 0.167 e. The second-order valence-electron chi connectivity index (χ2n) is 4.24. The van der Waals surface area contributed by atoms with Crippen molar-refractivity contribution in [3.05, 3.63) is 35.9 Å². The number of Topliss-reactive ketones (excluding diaryl/α,β-unsaturated/α-hetero) is 1. The van der Waals surface area contributed by atoms with E-state index in [4.69, 9.17) is 10.5 Å². The Labute approximate surface area is 101 Å². The molecule has 1 aromatic rings. The maximum absolute atomic E-state index is 12.0. The van der Waals surface area contributed by atoms with Crippen molar-refractivity contribution in [2.75, 3.05) is 32.8 Å². The third kappa shape index (κ3) is 3.36. The van der Waals surface area contributed by atoms with Gasteiger partial charge in [-0.25, -0.2) is 0 Å². The number of hydrogen-bond donors (Lipinski definition) is 1. The van der Waals surface area contributed by atoms with E-state index in [1.165, 1.54) is 0 Å². The standard InChI is InChI=1S/C13H18N2O2/c14-13(11-4-2-1-3-5-11)12(16)10-15-6-8-17-9-7-15/h1-5,13H,6-10,14H2. The summed E-state index contributed by atoms with van der Waals surface area (Å²) in [6.07, 6.45) is 0. The minimum Gasteiger partial charge on any atom is -0.379 e. The number of carbonyl (C=O) groups is 1. The highest BCUT2D eigenvalue weighted by atomic mass is 16.5. The first-order valence-corrected chi connectivity index (χ1v) is 5.91. The number of hydrogen-bond acceptors (Lipinski definition) is 4. The van der Waals surface area contributed by atoms with Gasteiger partial charge in [-0.1, -0.05) is 30.3 Å². The van der Waals surface area contributed by atoms with E-state index in [1.807, 2.05) is 30.3 Å². The second kappa shape index (κ2) is 5.91. The fraction of sp³-hybridized carbons (Fsp3) is 0.462. The summed E-state index contributed by atoms with van der Waals surface area (Å²) in [6.45, 7) is 3.45. The molecule has 1 aliphatic rings. The van der Waals surface area contributed by atoms with E-state index in [2.05, 4.69) is 4.90 Å². The molecule has 17 heavy (non-hydrogen) atoms. The largest absolute Gasteiger partial charge is 0.379 e. The molecule has 0 aliphatic carbocycles. The second-order valence-corrected chi connectivity index (χ2v) is 4.24. The van der Waals surface area contributed by atoms with E-state index >= 15 is 0 Å². The van der Waals surface area contributed by atoms with Gasteiger partial charge in [0.25, 0.3) is 0 Å². The van der Waals surface area contributed by atoms with Crippen molar-refractivity contribution in [1.82, 2.24) is 4.90 Å². The number of benzene rings is 1. The van der Waals surface area contributed by atoms with Crippen molar-refractivity contribution in [1.29, 1.82) is 0 Å². The molecule has 0 amide bonds. The molecular formula is C13H18N2O2. The SMILES string of the molecule is NC(C(=O)CN1CCOCC1)c1ccccc1. The molecule has 1 saturated heterocycles. The summed E-state index contributed by atoms with van der Waals surface area (Å²) in [7, 11) is 0. The van der Waals surface area contributed by atoms with Gasteiger partial charge in [0.1, 0.15) is 0 Å². The van der Waals surface area contributed by atoms with E-state index in [1.54, 1.807) is 0 Å². The van der Waals surface area contributed by atoms with Crippen LogP contribution in [0.25, 0.3) is 0 Å². The average Bonchev–Trinajstić information content (AvgIpc) is 2.40. The van der Waals surface area contributed by atoms with Crippen molar-refractivity contribution < 1.29 is 9.53 Å². The number of ketones is 1. The molecule has 0 radical (unpaired) electrons. The first kappa shape index (κ1) is 12.2. The maximum Gasteiger partial charge on any atom is 0.167 e. The van der Waals surface area contributed by atoms with Crippen LogP contribution in [0, 0.1) is 0 Å². The Hall–Kier alpha value is -1.23. The lowest BCUT2D eigenvalue weighted by Gasteiger charge is -2.26. The molecule has 1 unspecified atom stereocenters. The third-order valence-electron chi connectivity index (χ3n) is 2.99. The summed E-state index contributed by atoms with van der Waals surface area (Å²) < 4.78 is 5.24. The fourth-order valence-electron chi connectivity index (χ4n) is 1.92. The van der Waals surface area contributed by atoms with Gasteiger partial charge in [-0.05, 0) is 5.56 Å². The summed E-state index contributed by atoms with van der Waals surface area (Å²) in [5, 5.41) is 0. The van der Waals surface area contributed by atoms with Crippen LogP contribution in [-0.4, -0.2) is 43.5 Å². The highest BCUT2D eigenvalue weighted by molar-refractivity contribution is 5.86. The van der Waals surface area contributed by atoms with Crippen LogP contribution in [0.4, 0.5) is 0 Å². The molecule has 92 valence electrons. The first-order chi connectivity index (χ1) is 8.27. The van der Waals surface area contributed by atoms with E-state index in [0.717, 1.165) is 18.7 Å². The first-order valence-electron chi connectivity index (χ1n) is 5.91. The summed E-state index contributed by atoms with van der Waals surface area (Å²) in [6, 6.07) is 8.99. The van der Waals surface area contributed by atoms with Crippen LogP contribution in [0.2, 0.25) is 0 Å². The Morgan fingerprint density at radius 1 is 1.29 bits per heavy atom. The number of carbonyl (C=O) groups excluding carboxylic acids is 1. The lowest BCUT2D eigenvalue weighted by molar-refractivity contribution is -0.122. The van der Waals surface area contributed by atoms with Crippen molar-refractivity contribution in [3.8, 4) is 0 Å². The Morgan fingerprint density at radius 3 is 2.59 bits per heavy atom. The molecule has 4 nitrogen and oxygen atoms in total. The van der Waals surface area contributed by atoms with Crippen LogP contribution >= 0.6 is 0 Å². The molecule has 0 bridgehead atoms. The predicted octanol–water partition coefficient (Wildman–Crippen LogP) is 0.588. The average molecular weight is 234 g/mol. The van der Waals surface area contributed by atoms with Crippen molar-refractivity contribution in [2.45, 2.75) is 6.04 Å². The zero-order valence-corrected chi connectivity index (χ0v) is 9.84. The summed E-state index contributed by atoms with van der Waals surface area (Å²) in [5.74, 6) is 0.0677. The quantitative estimate of drug-likeness (QED) is 0.828. The minimum absolute atomic E-state index is 0.0677. The number of nitrogens with zero attached hydrogens (tertiary/aromatic N) is 1. The molecule has 1 heterocycles. The van der Waals surface area contributed by atoms with E-state index in [9.17, 15) is 4.79 Å². The molecule has 1 atom stereocenters. The van der Waals surface area contributed by atoms with Crippen LogP contribution < -0.4 is 5.73 Å². The molecule has 0 saturated carbocycles. The number of ether oxygens (including phenoxy) is 1. The third-order valence-corrected chi connectivity index (χ3v) is 2.99. The van der Waals surface area contributed by atoms with E-state index in [-0.39, 0.29) is 5.78 Å². The highest BCUT2D eigenvalue weighted by Gasteiger charge is 2.20. The molecule has 0 aromatic heterocycles. The monoisotopic (exact) mass is 234 g/mol. The van der Waals surface area contributed by atoms with Gasteiger partial charge in [-0.2, -0.15) is 0 Å². The Balaban J connectivity index is 1.91. The van der Waals surface area contributed by atoms with Gasteiger partial charge in [0, 0.05) is 13.1 Å². The van der Waals surface area contributed by atoms with Gasteiger partial charge in [0.2, 0.25) is 0 Å². The van der Waals surface area contributed by atoms with Crippen LogP contribution in [0.1, 0.15) is 11.6 Å². The molecule has 2 N–H and O–H groups in total. The summed E-state index contributed by atoms with van der Waals surface area (Å²) in [5.41, 5.74) is 6.83. The number of nitrogens with two attached hydrogens (primary N) is 1. The van der Waals surface area contributed by atoms with Crippen LogP contribution in [0.3, 0.4) is 0 Å². The van der Waals surface area contributed by atoms with Crippen molar-refractivity contribution in [3.63, 3.8) is 0 Å². The normalized spacial score (nSPS) is 18.9. The predicted molar refractivity (Wildman–Crippen MR) is 65.6 cm³/mol. The molecule has 4 heteroatoms. The van der Waals surface area contributed by atoms with Crippen molar-refractivity contribution in [2.24, 2.45) is 5.73 Å². The summed E-state index contributed by atoms with van der Waals surface area (Å²) in [4.78, 5) is 14.1. The molecule has 1 fully saturated rings. The minimum atomic E-state index is -0.515. The van der Waals surface area contributed by atoms with E-state index in [0.29, 0.717) is 19.8 Å². The van der Waals surface area contributed by atoms with Gasteiger partial charge < -0.3 is 10.5 Å². The Bertz CT molecular complexity index is 361. The number of rotatable bonds is 4. The Morgan fingerprint density at radius 2 is 1.94 bits per heavy atom. The lowest BCUT2D eigenvalue weighted by Crippen LogP contribution is -2.41. The van der Waals surface area contributed by atoms with Crippen molar-refractivity contribution >= 4 is 5.78 Å². The van der Waals surface area contributed by atoms with Crippen LogP contribution in [0.5, 0.6) is 0 Å². The van der Waals surface area contributed by atoms with Gasteiger partial charge in [-0.3, -0.25) is 9.69 Å². The van der Waals surface area contributed by atoms with Gasteiger partial charge in [-0.15, -0.1) is 0 Å². The fourth-order valence-corrected chi connectivity index (χ4v) is 1.92. The highest BCUT2D eigenvalue weighted by Crippen LogP contribution is 2.11. The summed E-state index contributed by atoms with van der Waals surface area (Å²) >= 11 is 0. The lowest BCUT2D eigenvalue weighted by atomic mass is 10.0. The molecule has 0 spiro atoms. The molecular weight excluding hydrogens is 216 g/mol. The molecule has 1 aromatic carbocycles. The van der Waals surface area contributed by atoms with Gasteiger partial charge in [0.05, 0.1) is 25.8 Å². The van der Waals surface area contributed by atoms with Gasteiger partial charge >= 0.3 is 0 Å². The topological polar surface area (TPSA) is 55.6 Å². The van der Waals surface area contributed by atoms with Crippen LogP contribution in [-0.2, 0) is 9.53 Å².